The van der Waals surface area contributed by atoms with Crippen molar-refractivity contribution in [3.63, 3.8) is 0 Å². The maximum Gasteiger partial charge on any atom is 0.233 e. The Hall–Kier alpha value is -2.86. The van der Waals surface area contributed by atoms with Crippen LogP contribution in [-0.4, -0.2) is 28.0 Å². The predicted molar refractivity (Wildman–Crippen MR) is 122 cm³/mol. The molecule has 0 unspecified atom stereocenters. The first kappa shape index (κ1) is 20.9. The molecule has 1 aromatic heterocycles. The van der Waals surface area contributed by atoms with Crippen molar-refractivity contribution in [2.45, 2.75) is 33.6 Å². The van der Waals surface area contributed by atoms with Crippen LogP contribution in [0, 0.1) is 20.8 Å². The number of rotatable bonds is 5. The van der Waals surface area contributed by atoms with Gasteiger partial charge < -0.3 is 15.5 Å². The Morgan fingerprint density at radius 3 is 1.83 bits per heavy atom. The standard InChI is InChI=1S/C22H26N6.ClH/c1-15-6-8-18(9-7-15)23-20-25-21(24-19-13-16(2)12-17(3)14-19)27-22(26-20)28-10-4-5-11-28;/h6-9,12-14H,4-5,10-11H2,1-3H3,(H2,23,24,25,26,27);1H. The summed E-state index contributed by atoms with van der Waals surface area (Å²) in [5.41, 5.74) is 5.57. The topological polar surface area (TPSA) is 66.0 Å². The van der Waals surface area contributed by atoms with E-state index in [4.69, 9.17) is 0 Å². The summed E-state index contributed by atoms with van der Waals surface area (Å²) in [6, 6.07) is 14.5. The number of halogens is 1. The van der Waals surface area contributed by atoms with Crippen molar-refractivity contribution in [1.82, 2.24) is 15.0 Å². The van der Waals surface area contributed by atoms with Gasteiger partial charge in [-0.15, -0.1) is 12.4 Å². The smallest absolute Gasteiger partial charge is 0.233 e. The highest BCUT2D eigenvalue weighted by Gasteiger charge is 2.17. The number of nitrogens with one attached hydrogen (secondary N) is 2. The lowest BCUT2D eigenvalue weighted by atomic mass is 10.1. The zero-order valence-corrected chi connectivity index (χ0v) is 17.9. The first-order valence-corrected chi connectivity index (χ1v) is 9.75. The van der Waals surface area contributed by atoms with Gasteiger partial charge in [-0.3, -0.25) is 0 Å². The first-order valence-electron chi connectivity index (χ1n) is 9.75. The van der Waals surface area contributed by atoms with Gasteiger partial charge >= 0.3 is 0 Å². The SMILES string of the molecule is Cc1ccc(Nc2nc(Nc3cc(C)cc(C)c3)nc(N3CCCC3)n2)cc1.Cl. The molecule has 0 atom stereocenters. The zero-order valence-electron chi connectivity index (χ0n) is 17.1. The van der Waals surface area contributed by atoms with Crippen LogP contribution in [-0.2, 0) is 0 Å². The van der Waals surface area contributed by atoms with Gasteiger partial charge in [0.2, 0.25) is 17.8 Å². The van der Waals surface area contributed by atoms with E-state index in [1.54, 1.807) is 0 Å². The predicted octanol–water partition coefficient (Wildman–Crippen LogP) is 5.31. The summed E-state index contributed by atoms with van der Waals surface area (Å²) in [7, 11) is 0. The van der Waals surface area contributed by atoms with E-state index < -0.39 is 0 Å². The van der Waals surface area contributed by atoms with Gasteiger partial charge in [0.05, 0.1) is 0 Å². The molecule has 152 valence electrons. The summed E-state index contributed by atoms with van der Waals surface area (Å²) in [5.74, 6) is 1.82. The molecule has 0 bridgehead atoms. The van der Waals surface area contributed by atoms with Gasteiger partial charge in [0.1, 0.15) is 0 Å². The van der Waals surface area contributed by atoms with Crippen LogP contribution in [0.15, 0.2) is 42.5 Å². The molecule has 1 saturated heterocycles. The molecule has 4 rings (SSSR count). The average molecular weight is 411 g/mol. The van der Waals surface area contributed by atoms with Crippen molar-refractivity contribution in [2.24, 2.45) is 0 Å². The summed E-state index contributed by atoms with van der Waals surface area (Å²) in [4.78, 5) is 16.2. The number of aromatic nitrogens is 3. The minimum absolute atomic E-state index is 0. The molecule has 0 saturated carbocycles. The number of hydrogen-bond acceptors (Lipinski definition) is 6. The fourth-order valence-corrected chi connectivity index (χ4v) is 3.48. The highest BCUT2D eigenvalue weighted by molar-refractivity contribution is 5.85. The Kier molecular flexibility index (Phi) is 6.54. The third kappa shape index (κ3) is 5.35. The summed E-state index contributed by atoms with van der Waals surface area (Å²) < 4.78 is 0. The molecule has 6 nitrogen and oxygen atoms in total. The largest absolute Gasteiger partial charge is 0.341 e. The van der Waals surface area contributed by atoms with Crippen LogP contribution in [0.1, 0.15) is 29.5 Å². The van der Waals surface area contributed by atoms with Crippen LogP contribution in [0.2, 0.25) is 0 Å². The highest BCUT2D eigenvalue weighted by Crippen LogP contribution is 2.23. The third-order valence-electron chi connectivity index (χ3n) is 4.80. The molecule has 2 heterocycles. The van der Waals surface area contributed by atoms with Crippen molar-refractivity contribution in [2.75, 3.05) is 28.6 Å². The number of hydrogen-bond donors (Lipinski definition) is 2. The van der Waals surface area contributed by atoms with E-state index in [-0.39, 0.29) is 12.4 Å². The third-order valence-corrected chi connectivity index (χ3v) is 4.80. The van der Waals surface area contributed by atoms with Crippen LogP contribution in [0.5, 0.6) is 0 Å². The average Bonchev–Trinajstić information content (AvgIpc) is 3.17. The van der Waals surface area contributed by atoms with Crippen LogP contribution < -0.4 is 15.5 Å². The van der Waals surface area contributed by atoms with Gasteiger partial charge in [0.15, 0.2) is 0 Å². The Morgan fingerprint density at radius 1 is 0.690 bits per heavy atom. The Balaban J connectivity index is 0.00000240. The molecular weight excluding hydrogens is 384 g/mol. The maximum atomic E-state index is 4.68. The van der Waals surface area contributed by atoms with E-state index in [0.29, 0.717) is 17.8 Å². The molecule has 2 aromatic carbocycles. The van der Waals surface area contributed by atoms with Crippen molar-refractivity contribution < 1.29 is 0 Å². The first-order chi connectivity index (χ1) is 13.5. The van der Waals surface area contributed by atoms with Crippen molar-refractivity contribution in [1.29, 1.82) is 0 Å². The molecular formula is C22H27ClN6. The van der Waals surface area contributed by atoms with E-state index in [1.165, 1.54) is 29.5 Å². The Labute approximate surface area is 178 Å². The molecule has 3 aromatic rings. The highest BCUT2D eigenvalue weighted by atomic mass is 35.5. The van der Waals surface area contributed by atoms with E-state index >= 15 is 0 Å². The number of nitrogens with zero attached hydrogens (tertiary/aromatic N) is 4. The van der Waals surface area contributed by atoms with E-state index in [0.717, 1.165) is 24.5 Å². The molecule has 0 amide bonds. The van der Waals surface area contributed by atoms with E-state index in [1.807, 2.05) is 12.1 Å². The van der Waals surface area contributed by atoms with Crippen LogP contribution >= 0.6 is 12.4 Å². The number of benzene rings is 2. The van der Waals surface area contributed by atoms with Crippen LogP contribution in [0.4, 0.5) is 29.2 Å². The molecule has 7 heteroatoms. The fraction of sp³-hybridized carbons (Fsp3) is 0.318. The van der Waals surface area contributed by atoms with Crippen LogP contribution in [0.3, 0.4) is 0 Å². The number of anilines is 5. The molecule has 1 aliphatic rings. The summed E-state index contributed by atoms with van der Waals surface area (Å²) in [5, 5.41) is 6.67. The van der Waals surface area contributed by atoms with E-state index in [2.05, 4.69) is 81.6 Å². The van der Waals surface area contributed by atoms with E-state index in [9.17, 15) is 0 Å². The number of aryl methyl sites for hydroxylation is 3. The monoisotopic (exact) mass is 410 g/mol. The molecule has 0 aliphatic carbocycles. The lowest BCUT2D eigenvalue weighted by Crippen LogP contribution is -2.21. The van der Waals surface area contributed by atoms with Gasteiger partial charge in [-0.05, 0) is 69.0 Å². The van der Waals surface area contributed by atoms with Gasteiger partial charge in [-0.25, -0.2) is 0 Å². The van der Waals surface area contributed by atoms with Crippen molar-refractivity contribution >= 4 is 41.6 Å². The molecule has 0 spiro atoms. The second-order valence-corrected chi connectivity index (χ2v) is 7.47. The molecule has 1 fully saturated rings. The molecule has 0 radical (unpaired) electrons. The molecule has 2 N–H and O–H groups in total. The minimum Gasteiger partial charge on any atom is -0.341 e. The minimum atomic E-state index is 0. The van der Waals surface area contributed by atoms with Crippen molar-refractivity contribution in [3.05, 3.63) is 59.2 Å². The van der Waals surface area contributed by atoms with Gasteiger partial charge in [0.25, 0.3) is 0 Å². The molecule has 1 aliphatic heterocycles. The zero-order chi connectivity index (χ0) is 19.5. The Morgan fingerprint density at radius 2 is 1.24 bits per heavy atom. The quantitative estimate of drug-likeness (QED) is 0.594. The van der Waals surface area contributed by atoms with Crippen LogP contribution in [0.25, 0.3) is 0 Å². The lowest BCUT2D eigenvalue weighted by Gasteiger charge is -2.17. The normalized spacial score (nSPS) is 13.1. The van der Waals surface area contributed by atoms with Gasteiger partial charge in [-0.2, -0.15) is 15.0 Å². The van der Waals surface area contributed by atoms with Crippen molar-refractivity contribution in [3.8, 4) is 0 Å². The van der Waals surface area contributed by atoms with Gasteiger partial charge in [0, 0.05) is 24.5 Å². The fourth-order valence-electron chi connectivity index (χ4n) is 3.48. The summed E-state index contributed by atoms with van der Waals surface area (Å²) >= 11 is 0. The van der Waals surface area contributed by atoms with Gasteiger partial charge in [-0.1, -0.05) is 23.8 Å². The maximum absolute atomic E-state index is 4.68. The second kappa shape index (κ2) is 9.09. The molecule has 29 heavy (non-hydrogen) atoms. The second-order valence-electron chi connectivity index (χ2n) is 7.47. The summed E-state index contributed by atoms with van der Waals surface area (Å²) in [6.07, 6.45) is 2.35. The lowest BCUT2D eigenvalue weighted by molar-refractivity contribution is 0.886. The summed E-state index contributed by atoms with van der Waals surface area (Å²) in [6.45, 7) is 8.22. The Bertz CT molecular complexity index is 947.